The van der Waals surface area contributed by atoms with Crippen molar-refractivity contribution in [1.29, 1.82) is 0 Å². The molecule has 0 aliphatic carbocycles. The van der Waals surface area contributed by atoms with E-state index in [0.29, 0.717) is 24.1 Å². The van der Waals surface area contributed by atoms with Gasteiger partial charge >= 0.3 is 35.5 Å². The summed E-state index contributed by atoms with van der Waals surface area (Å²) in [6, 6.07) is 0. The van der Waals surface area contributed by atoms with Gasteiger partial charge in [0, 0.05) is 11.9 Å². The van der Waals surface area contributed by atoms with Gasteiger partial charge in [-0.2, -0.15) is 0 Å². The van der Waals surface area contributed by atoms with E-state index in [1.54, 1.807) is 13.8 Å². The van der Waals surface area contributed by atoms with Crippen molar-refractivity contribution in [3.63, 3.8) is 0 Å². The number of carbonyl (C=O) groups is 2. The number of hydrogen-bond acceptors (Lipinski definition) is 4. The Kier molecular flexibility index (Phi) is 15.8. The number of hydrogen-bond donors (Lipinski definition) is 2. The molecule has 140 valence electrons. The zero-order valence-corrected chi connectivity index (χ0v) is 18.1. The Morgan fingerprint density at radius 1 is 1.08 bits per heavy atom. The number of rotatable bonds is 15. The van der Waals surface area contributed by atoms with Gasteiger partial charge in [0.15, 0.2) is 0 Å². The number of carboxylic acids is 2. The molecule has 0 fully saturated rings. The summed E-state index contributed by atoms with van der Waals surface area (Å²) in [5, 5.41) is 29.8. The molecule has 3 unspecified atom stereocenters. The largest absolute Gasteiger partial charge is 1.00 e. The van der Waals surface area contributed by atoms with Crippen LogP contribution in [0.15, 0.2) is 12.7 Å². The van der Waals surface area contributed by atoms with E-state index in [0.717, 1.165) is 32.1 Å². The molecule has 0 bridgehead atoms. The van der Waals surface area contributed by atoms with E-state index < -0.39 is 23.8 Å². The maximum atomic E-state index is 11.2. The van der Waals surface area contributed by atoms with Gasteiger partial charge in [-0.25, -0.2) is 0 Å². The first-order valence-electron chi connectivity index (χ1n) is 8.78. The average Bonchev–Trinajstić information content (AvgIpc) is 2.50. The number of aliphatic hydroxyl groups excluding tert-OH is 1. The Hall–Kier alpha value is -0.400. The van der Waals surface area contributed by atoms with E-state index in [4.69, 9.17) is 0 Å². The molecule has 0 spiro atoms. The molecule has 7 heteroatoms. The van der Waals surface area contributed by atoms with Gasteiger partial charge in [0.2, 0.25) is 0 Å². The topological polar surface area (TPSA) is 97.7 Å². The first kappa shape index (κ1) is 26.8. The fourth-order valence-corrected chi connectivity index (χ4v) is 3.17. The van der Waals surface area contributed by atoms with Crippen molar-refractivity contribution in [2.24, 2.45) is 11.8 Å². The van der Waals surface area contributed by atoms with Crippen molar-refractivity contribution in [2.45, 2.75) is 46.0 Å². The van der Waals surface area contributed by atoms with Gasteiger partial charge < -0.3 is 24.6 Å². The van der Waals surface area contributed by atoms with Crippen LogP contribution < -0.4 is 34.7 Å². The maximum absolute atomic E-state index is 11.2. The molecule has 0 aromatic carbocycles. The van der Waals surface area contributed by atoms with E-state index in [2.05, 4.69) is 6.58 Å². The normalized spacial score (nSPS) is 15.5. The van der Waals surface area contributed by atoms with Crippen LogP contribution in [0.25, 0.3) is 0 Å². The van der Waals surface area contributed by atoms with Crippen LogP contribution in [-0.4, -0.2) is 59.4 Å². The summed E-state index contributed by atoms with van der Waals surface area (Å²) >= 11 is 0. The van der Waals surface area contributed by atoms with Crippen molar-refractivity contribution in [3.05, 3.63) is 12.7 Å². The monoisotopic (exact) mass is 366 g/mol. The zero-order valence-electron chi connectivity index (χ0n) is 16.1. The van der Waals surface area contributed by atoms with E-state index >= 15 is 0 Å². The van der Waals surface area contributed by atoms with Crippen molar-refractivity contribution in [1.82, 2.24) is 0 Å². The first-order valence-corrected chi connectivity index (χ1v) is 8.78. The Morgan fingerprint density at radius 3 is 2.12 bits per heavy atom. The van der Waals surface area contributed by atoms with Crippen LogP contribution in [0, 0.1) is 11.8 Å². The minimum absolute atomic E-state index is 0. The van der Waals surface area contributed by atoms with E-state index in [9.17, 15) is 24.9 Å². The summed E-state index contributed by atoms with van der Waals surface area (Å²) in [5.41, 5.74) is 0. The fourth-order valence-electron chi connectivity index (χ4n) is 3.17. The third-order valence-corrected chi connectivity index (χ3v) is 4.51. The molecule has 3 atom stereocenters. The molecule has 2 N–H and O–H groups in total. The minimum atomic E-state index is -1.13. The number of carboxylic acid groups (broad SMARTS) is 2. The standard InChI is InChI=1S/C18H33NO5.Na/c1-4-5-6-7-8-9-10-19(11-12-20,13-15(2)17(21)22)14-16(3)18(23)24;/h4,15-16,20H,1,5-14H2,2-3H3,(H-,21,22,23,24);/q;+1. The summed E-state index contributed by atoms with van der Waals surface area (Å²) in [6.07, 6.45) is 6.89. The summed E-state index contributed by atoms with van der Waals surface area (Å²) < 4.78 is 0.306. The van der Waals surface area contributed by atoms with Gasteiger partial charge in [0.1, 0.15) is 12.5 Å². The molecule has 0 aromatic heterocycles. The number of aliphatic hydroxyl groups is 1. The van der Waals surface area contributed by atoms with Crippen LogP contribution in [0.1, 0.15) is 46.0 Å². The molecule has 6 nitrogen and oxygen atoms in total. The number of allylic oxidation sites excluding steroid dienone is 1. The minimum Gasteiger partial charge on any atom is -0.550 e. The van der Waals surface area contributed by atoms with Gasteiger partial charge in [-0.05, 0) is 32.6 Å². The number of aliphatic carboxylic acids is 2. The van der Waals surface area contributed by atoms with Crippen molar-refractivity contribution in [3.8, 4) is 0 Å². The maximum Gasteiger partial charge on any atom is 1.00 e. The first-order chi connectivity index (χ1) is 11.3. The molecule has 0 heterocycles. The number of nitrogens with zero attached hydrogens (tertiary/aromatic N) is 1. The molecule has 0 rings (SSSR count). The molecule has 0 radical (unpaired) electrons. The predicted molar refractivity (Wildman–Crippen MR) is 91.1 cm³/mol. The molecule has 25 heavy (non-hydrogen) atoms. The third-order valence-electron chi connectivity index (χ3n) is 4.51. The summed E-state index contributed by atoms with van der Waals surface area (Å²) in [6.45, 7) is 8.44. The quantitative estimate of drug-likeness (QED) is 0.152. The SMILES string of the molecule is C=CCCCCCC[N+](CCO)(CC(C)C(=O)[O-])CC(C)C(=O)O.[Na+]. The second kappa shape index (κ2) is 14.7. The molecule has 0 amide bonds. The molecule has 0 aromatic rings. The number of unbranched alkanes of at least 4 members (excludes halogenated alkanes) is 4. The van der Waals surface area contributed by atoms with Crippen LogP contribution >= 0.6 is 0 Å². The van der Waals surface area contributed by atoms with Crippen LogP contribution in [0.5, 0.6) is 0 Å². The van der Waals surface area contributed by atoms with Crippen LogP contribution in [0.2, 0.25) is 0 Å². The summed E-state index contributed by atoms with van der Waals surface area (Å²) in [7, 11) is 0. The zero-order chi connectivity index (χ0) is 18.6. The molecular weight excluding hydrogens is 333 g/mol. The molecule has 0 saturated heterocycles. The molecule has 0 saturated carbocycles. The fraction of sp³-hybridized carbons (Fsp3) is 0.778. The Morgan fingerprint density at radius 2 is 1.64 bits per heavy atom. The van der Waals surface area contributed by atoms with E-state index in [1.165, 1.54) is 0 Å². The van der Waals surface area contributed by atoms with Gasteiger partial charge in [-0.3, -0.25) is 4.79 Å². The second-order valence-electron chi connectivity index (χ2n) is 6.83. The smallest absolute Gasteiger partial charge is 0.550 e. The average molecular weight is 366 g/mol. The Bertz CT molecular complexity index is 381. The second-order valence-corrected chi connectivity index (χ2v) is 6.83. The number of carbonyl (C=O) groups excluding carboxylic acids is 1. The van der Waals surface area contributed by atoms with Crippen LogP contribution in [0.4, 0.5) is 0 Å². The van der Waals surface area contributed by atoms with Gasteiger partial charge in [0.25, 0.3) is 0 Å². The summed E-state index contributed by atoms with van der Waals surface area (Å²) in [5.74, 6) is -3.31. The van der Waals surface area contributed by atoms with Gasteiger partial charge in [0.05, 0.1) is 26.2 Å². The van der Waals surface area contributed by atoms with Crippen molar-refractivity contribution in [2.75, 3.05) is 32.8 Å². The Balaban J connectivity index is 0. The third kappa shape index (κ3) is 11.8. The van der Waals surface area contributed by atoms with E-state index in [-0.39, 0.29) is 42.7 Å². The number of quaternary nitrogens is 1. The van der Waals surface area contributed by atoms with E-state index in [1.807, 2.05) is 6.08 Å². The molecule has 0 aliphatic rings. The Labute approximate surface area is 173 Å². The van der Waals surface area contributed by atoms with Crippen LogP contribution in [-0.2, 0) is 9.59 Å². The summed E-state index contributed by atoms with van der Waals surface area (Å²) in [4.78, 5) is 22.4. The predicted octanol–water partition coefficient (Wildman–Crippen LogP) is -1.96. The van der Waals surface area contributed by atoms with Gasteiger partial charge in [-0.1, -0.05) is 19.4 Å². The van der Waals surface area contributed by atoms with Crippen molar-refractivity contribution >= 4 is 11.9 Å². The van der Waals surface area contributed by atoms with Gasteiger partial charge in [-0.15, -0.1) is 6.58 Å². The van der Waals surface area contributed by atoms with Crippen molar-refractivity contribution < 1.29 is 58.9 Å². The molecular formula is C18H33NNaO5+. The molecule has 0 aliphatic heterocycles. The van der Waals surface area contributed by atoms with Crippen LogP contribution in [0.3, 0.4) is 0 Å².